The molecule has 0 atom stereocenters. The number of hydrogen-bond donors (Lipinski definition) is 2. The molecule has 0 amide bonds. The number of nitrogen functional groups attached to an aromatic ring is 2. The highest BCUT2D eigenvalue weighted by atomic mass is 32.2. The van der Waals surface area contributed by atoms with Crippen LogP contribution in [0.1, 0.15) is 11.4 Å². The topological polar surface area (TPSA) is 77.8 Å². The van der Waals surface area contributed by atoms with Gasteiger partial charge in [0.2, 0.25) is 0 Å². The van der Waals surface area contributed by atoms with Crippen LogP contribution in [0.25, 0.3) is 10.9 Å². The third-order valence-electron chi connectivity index (χ3n) is 3.29. The molecule has 5 heteroatoms. The molecule has 0 aliphatic rings. The standard InChI is InChI=1S/C16H16N4S/c1-10-8-11(6-7-13(10)17)21-9-15-19-14-5-3-2-4-12(14)16(18)20-15/h2-8H,9,17H2,1H3,(H2,18,19,20). The molecule has 4 N–H and O–H groups in total. The number of hydrogen-bond acceptors (Lipinski definition) is 5. The molecule has 106 valence electrons. The van der Waals surface area contributed by atoms with Gasteiger partial charge >= 0.3 is 0 Å². The van der Waals surface area contributed by atoms with Crippen molar-refractivity contribution >= 4 is 34.2 Å². The van der Waals surface area contributed by atoms with Gasteiger partial charge in [-0.25, -0.2) is 9.97 Å². The van der Waals surface area contributed by atoms with Gasteiger partial charge in [-0.05, 0) is 42.8 Å². The SMILES string of the molecule is Cc1cc(SCc2nc(N)c3ccccc3n2)ccc1N. The zero-order valence-corrected chi connectivity index (χ0v) is 12.5. The molecule has 0 saturated heterocycles. The summed E-state index contributed by atoms with van der Waals surface area (Å²) in [6, 6.07) is 13.8. The predicted molar refractivity (Wildman–Crippen MR) is 89.1 cm³/mol. The van der Waals surface area contributed by atoms with E-state index in [4.69, 9.17) is 11.5 Å². The van der Waals surface area contributed by atoms with E-state index >= 15 is 0 Å². The van der Waals surface area contributed by atoms with Crippen LogP contribution in [0.15, 0.2) is 47.4 Å². The molecule has 0 saturated carbocycles. The Morgan fingerprint density at radius 2 is 1.86 bits per heavy atom. The van der Waals surface area contributed by atoms with Gasteiger partial charge in [0.25, 0.3) is 0 Å². The van der Waals surface area contributed by atoms with E-state index in [0.29, 0.717) is 11.6 Å². The minimum Gasteiger partial charge on any atom is -0.399 e. The Kier molecular flexibility index (Phi) is 3.66. The smallest absolute Gasteiger partial charge is 0.141 e. The minimum absolute atomic E-state index is 0.532. The lowest BCUT2D eigenvalue weighted by Gasteiger charge is -2.06. The first-order chi connectivity index (χ1) is 10.1. The van der Waals surface area contributed by atoms with Crippen molar-refractivity contribution in [3.05, 3.63) is 53.9 Å². The van der Waals surface area contributed by atoms with Crippen LogP contribution in [-0.2, 0) is 5.75 Å². The van der Waals surface area contributed by atoms with E-state index in [2.05, 4.69) is 16.0 Å². The summed E-state index contributed by atoms with van der Waals surface area (Å²) in [5.41, 5.74) is 14.6. The summed E-state index contributed by atoms with van der Waals surface area (Å²) < 4.78 is 0. The molecule has 0 fully saturated rings. The number of fused-ring (bicyclic) bond motifs is 1. The van der Waals surface area contributed by atoms with Crippen molar-refractivity contribution in [2.45, 2.75) is 17.6 Å². The van der Waals surface area contributed by atoms with E-state index in [1.807, 2.05) is 43.3 Å². The minimum atomic E-state index is 0.532. The van der Waals surface area contributed by atoms with Crippen molar-refractivity contribution in [1.29, 1.82) is 0 Å². The van der Waals surface area contributed by atoms with Gasteiger partial charge in [-0.1, -0.05) is 12.1 Å². The maximum Gasteiger partial charge on any atom is 0.141 e. The third kappa shape index (κ3) is 2.92. The normalized spacial score (nSPS) is 10.9. The number of anilines is 2. The van der Waals surface area contributed by atoms with E-state index in [0.717, 1.165) is 32.9 Å². The average molecular weight is 296 g/mol. The van der Waals surface area contributed by atoms with E-state index in [9.17, 15) is 0 Å². The molecule has 0 aliphatic heterocycles. The molecule has 0 bridgehead atoms. The van der Waals surface area contributed by atoms with E-state index in [1.54, 1.807) is 11.8 Å². The Balaban J connectivity index is 1.83. The molecule has 2 aromatic carbocycles. The zero-order chi connectivity index (χ0) is 14.8. The van der Waals surface area contributed by atoms with Gasteiger partial charge in [-0.15, -0.1) is 11.8 Å². The first kappa shape index (κ1) is 13.7. The number of nitrogens with two attached hydrogens (primary N) is 2. The highest BCUT2D eigenvalue weighted by molar-refractivity contribution is 7.98. The average Bonchev–Trinajstić information content (AvgIpc) is 2.49. The predicted octanol–water partition coefficient (Wildman–Crippen LogP) is 3.39. The molecule has 1 aromatic heterocycles. The molecular weight excluding hydrogens is 280 g/mol. The largest absolute Gasteiger partial charge is 0.399 e. The number of aromatic nitrogens is 2. The van der Waals surface area contributed by atoms with Crippen LogP contribution in [0, 0.1) is 6.92 Å². The van der Waals surface area contributed by atoms with Crippen LogP contribution in [0.4, 0.5) is 11.5 Å². The first-order valence-electron chi connectivity index (χ1n) is 6.63. The van der Waals surface area contributed by atoms with Gasteiger partial charge in [0, 0.05) is 16.0 Å². The van der Waals surface area contributed by atoms with Crippen molar-refractivity contribution in [2.75, 3.05) is 11.5 Å². The molecule has 0 unspecified atom stereocenters. The Morgan fingerprint density at radius 3 is 2.67 bits per heavy atom. The Hall–Kier alpha value is -2.27. The van der Waals surface area contributed by atoms with Gasteiger partial charge < -0.3 is 11.5 Å². The lowest BCUT2D eigenvalue weighted by Crippen LogP contribution is -1.99. The summed E-state index contributed by atoms with van der Waals surface area (Å²) in [5.74, 6) is 1.95. The Labute approximate surface area is 127 Å². The number of nitrogens with zero attached hydrogens (tertiary/aromatic N) is 2. The second-order valence-corrected chi connectivity index (χ2v) is 5.90. The fourth-order valence-corrected chi connectivity index (χ4v) is 2.95. The Bertz CT molecular complexity index is 801. The molecule has 0 spiro atoms. The van der Waals surface area contributed by atoms with Crippen LogP contribution in [0.3, 0.4) is 0 Å². The first-order valence-corrected chi connectivity index (χ1v) is 7.62. The fraction of sp³-hybridized carbons (Fsp3) is 0.125. The summed E-state index contributed by atoms with van der Waals surface area (Å²) in [4.78, 5) is 10.1. The molecule has 0 aliphatic carbocycles. The maximum absolute atomic E-state index is 5.99. The molecule has 4 nitrogen and oxygen atoms in total. The second-order valence-electron chi connectivity index (χ2n) is 4.85. The molecule has 1 heterocycles. The number of thioether (sulfide) groups is 1. The second kappa shape index (κ2) is 5.61. The quantitative estimate of drug-likeness (QED) is 0.572. The van der Waals surface area contributed by atoms with Crippen molar-refractivity contribution in [3.8, 4) is 0 Å². The van der Waals surface area contributed by atoms with Crippen LogP contribution in [0.2, 0.25) is 0 Å². The van der Waals surface area contributed by atoms with Crippen molar-refractivity contribution in [1.82, 2.24) is 9.97 Å². The van der Waals surface area contributed by atoms with Gasteiger partial charge in [0.1, 0.15) is 11.6 Å². The van der Waals surface area contributed by atoms with E-state index in [-0.39, 0.29) is 0 Å². The van der Waals surface area contributed by atoms with Crippen LogP contribution >= 0.6 is 11.8 Å². The number of rotatable bonds is 3. The van der Waals surface area contributed by atoms with Gasteiger partial charge in [0.15, 0.2) is 0 Å². The molecular formula is C16H16N4S. The molecule has 3 rings (SSSR count). The summed E-state index contributed by atoms with van der Waals surface area (Å²) in [7, 11) is 0. The van der Waals surface area contributed by atoms with Crippen LogP contribution < -0.4 is 11.5 Å². The van der Waals surface area contributed by atoms with Crippen molar-refractivity contribution < 1.29 is 0 Å². The number of para-hydroxylation sites is 1. The van der Waals surface area contributed by atoms with Crippen molar-refractivity contribution in [2.24, 2.45) is 0 Å². The maximum atomic E-state index is 5.99. The highest BCUT2D eigenvalue weighted by Crippen LogP contribution is 2.26. The third-order valence-corrected chi connectivity index (χ3v) is 4.28. The lowest BCUT2D eigenvalue weighted by atomic mass is 10.2. The number of benzene rings is 2. The molecule has 21 heavy (non-hydrogen) atoms. The highest BCUT2D eigenvalue weighted by Gasteiger charge is 2.06. The fourth-order valence-electron chi connectivity index (χ4n) is 2.10. The lowest BCUT2D eigenvalue weighted by molar-refractivity contribution is 1.07. The van der Waals surface area contributed by atoms with Crippen LogP contribution in [-0.4, -0.2) is 9.97 Å². The monoisotopic (exact) mass is 296 g/mol. The summed E-state index contributed by atoms with van der Waals surface area (Å²) in [6.07, 6.45) is 0. The van der Waals surface area contributed by atoms with Crippen molar-refractivity contribution in [3.63, 3.8) is 0 Å². The van der Waals surface area contributed by atoms with E-state index < -0.39 is 0 Å². The number of aryl methyl sites for hydroxylation is 1. The summed E-state index contributed by atoms with van der Waals surface area (Å²) in [5, 5.41) is 0.898. The van der Waals surface area contributed by atoms with Gasteiger partial charge in [-0.2, -0.15) is 0 Å². The Morgan fingerprint density at radius 1 is 1.05 bits per heavy atom. The summed E-state index contributed by atoms with van der Waals surface area (Å²) in [6.45, 7) is 2.00. The zero-order valence-electron chi connectivity index (χ0n) is 11.7. The van der Waals surface area contributed by atoms with Gasteiger partial charge in [0.05, 0.1) is 11.3 Å². The van der Waals surface area contributed by atoms with Crippen LogP contribution in [0.5, 0.6) is 0 Å². The molecule has 0 radical (unpaired) electrons. The molecule has 3 aromatic rings. The van der Waals surface area contributed by atoms with E-state index in [1.165, 1.54) is 0 Å². The summed E-state index contributed by atoms with van der Waals surface area (Å²) >= 11 is 1.68. The van der Waals surface area contributed by atoms with Gasteiger partial charge in [-0.3, -0.25) is 0 Å².